The number of para-hydroxylation sites is 1. The second-order valence-corrected chi connectivity index (χ2v) is 4.66. The van der Waals surface area contributed by atoms with Gasteiger partial charge in [-0.1, -0.05) is 31.5 Å². The Labute approximate surface area is 118 Å². The molecule has 1 heterocycles. The third-order valence-corrected chi connectivity index (χ3v) is 3.11. The summed E-state index contributed by atoms with van der Waals surface area (Å²) in [5.74, 6) is -0.271. The lowest BCUT2D eigenvalue weighted by atomic mass is 10.1. The number of rotatable bonds is 5. The quantitative estimate of drug-likeness (QED) is 0.903. The number of nitrogens with zero attached hydrogens (tertiary/aromatic N) is 2. The fourth-order valence-electron chi connectivity index (χ4n) is 2.04. The zero-order valence-corrected chi connectivity index (χ0v) is 11.7. The maximum Gasteiger partial charge on any atom is 0.335 e. The van der Waals surface area contributed by atoms with Crippen LogP contribution in [0.1, 0.15) is 29.4 Å². The highest BCUT2D eigenvalue weighted by Crippen LogP contribution is 2.23. The molecule has 0 unspecified atom stereocenters. The van der Waals surface area contributed by atoms with Crippen LogP contribution in [0.25, 0.3) is 0 Å². The average Bonchev–Trinajstić information content (AvgIpc) is 2.47. The Kier molecular flexibility index (Phi) is 4.35. The average molecular weight is 270 g/mol. The minimum absolute atomic E-state index is 0.279. The van der Waals surface area contributed by atoms with Crippen LogP contribution in [0.5, 0.6) is 0 Å². The summed E-state index contributed by atoms with van der Waals surface area (Å²) < 4.78 is 0. The number of hydrogen-bond acceptors (Lipinski definition) is 3. The molecule has 0 spiro atoms. The van der Waals surface area contributed by atoms with E-state index in [4.69, 9.17) is 0 Å². The van der Waals surface area contributed by atoms with E-state index in [2.05, 4.69) is 11.9 Å². The monoisotopic (exact) mass is 270 g/mol. The molecule has 0 aliphatic carbocycles. The van der Waals surface area contributed by atoms with Gasteiger partial charge in [-0.25, -0.2) is 9.78 Å². The van der Waals surface area contributed by atoms with Gasteiger partial charge in [0.1, 0.15) is 5.82 Å². The van der Waals surface area contributed by atoms with Crippen LogP contribution in [0.3, 0.4) is 0 Å². The van der Waals surface area contributed by atoms with Crippen LogP contribution >= 0.6 is 0 Å². The Morgan fingerprint density at radius 3 is 2.55 bits per heavy atom. The lowest BCUT2D eigenvalue weighted by Gasteiger charge is -2.19. The number of benzene rings is 1. The van der Waals surface area contributed by atoms with Gasteiger partial charge in [0, 0.05) is 18.4 Å². The Balaban J connectivity index is 2.42. The van der Waals surface area contributed by atoms with Gasteiger partial charge in [0.2, 0.25) is 0 Å². The molecule has 0 fully saturated rings. The molecule has 1 aromatic carbocycles. The molecule has 20 heavy (non-hydrogen) atoms. The van der Waals surface area contributed by atoms with Crippen LogP contribution in [-0.2, 0) is 6.42 Å². The molecule has 0 amide bonds. The van der Waals surface area contributed by atoms with Crippen LogP contribution in [-0.4, -0.2) is 23.1 Å². The standard InChI is InChI=1S/C16H18N2O2/c1-3-7-13-10-12(16(19)20)11-15(17-13)18(2)14-8-5-4-6-9-14/h4-6,8-11H,3,7H2,1-2H3,(H,19,20). The van der Waals surface area contributed by atoms with Gasteiger partial charge in [-0.3, -0.25) is 0 Å². The van der Waals surface area contributed by atoms with E-state index in [9.17, 15) is 9.90 Å². The molecule has 1 N–H and O–H groups in total. The number of aromatic nitrogens is 1. The molecule has 2 rings (SSSR count). The van der Waals surface area contributed by atoms with Crippen molar-refractivity contribution in [1.82, 2.24) is 4.98 Å². The summed E-state index contributed by atoms with van der Waals surface area (Å²) in [7, 11) is 1.89. The van der Waals surface area contributed by atoms with Crippen molar-refractivity contribution in [3.8, 4) is 0 Å². The van der Waals surface area contributed by atoms with Crippen LogP contribution in [0, 0.1) is 0 Å². The fourth-order valence-corrected chi connectivity index (χ4v) is 2.04. The maximum atomic E-state index is 11.2. The van der Waals surface area contributed by atoms with E-state index < -0.39 is 5.97 Å². The van der Waals surface area contributed by atoms with Crippen LogP contribution in [0.2, 0.25) is 0 Å². The van der Waals surface area contributed by atoms with E-state index in [1.807, 2.05) is 42.3 Å². The SMILES string of the molecule is CCCc1cc(C(=O)O)cc(N(C)c2ccccc2)n1. The van der Waals surface area contributed by atoms with E-state index in [0.717, 1.165) is 24.2 Å². The van der Waals surface area contributed by atoms with Gasteiger partial charge in [-0.05, 0) is 30.7 Å². The number of hydrogen-bond donors (Lipinski definition) is 1. The molecule has 4 heteroatoms. The first-order chi connectivity index (χ1) is 9.61. The highest BCUT2D eigenvalue weighted by Gasteiger charge is 2.12. The Morgan fingerprint density at radius 1 is 1.25 bits per heavy atom. The summed E-state index contributed by atoms with van der Waals surface area (Å²) in [4.78, 5) is 17.7. The second-order valence-electron chi connectivity index (χ2n) is 4.66. The molecular formula is C16H18N2O2. The van der Waals surface area contributed by atoms with E-state index in [1.165, 1.54) is 0 Å². The Hall–Kier alpha value is -2.36. The molecule has 0 radical (unpaired) electrons. The summed E-state index contributed by atoms with van der Waals surface area (Å²) in [6.07, 6.45) is 1.71. The molecule has 0 atom stereocenters. The molecule has 0 aliphatic heterocycles. The van der Waals surface area contributed by atoms with Crippen LogP contribution < -0.4 is 4.90 Å². The second kappa shape index (κ2) is 6.19. The zero-order valence-electron chi connectivity index (χ0n) is 11.7. The predicted octanol–water partition coefficient (Wildman–Crippen LogP) is 3.50. The van der Waals surface area contributed by atoms with Crippen molar-refractivity contribution in [2.45, 2.75) is 19.8 Å². The Morgan fingerprint density at radius 2 is 1.95 bits per heavy atom. The number of carbonyl (C=O) groups is 1. The number of carboxylic acids is 1. The van der Waals surface area contributed by atoms with Crippen LogP contribution in [0.15, 0.2) is 42.5 Å². The van der Waals surface area contributed by atoms with Crippen molar-refractivity contribution in [1.29, 1.82) is 0 Å². The number of aromatic carboxylic acids is 1. The third kappa shape index (κ3) is 3.15. The summed E-state index contributed by atoms with van der Waals surface area (Å²) in [6, 6.07) is 13.0. The maximum absolute atomic E-state index is 11.2. The van der Waals surface area contributed by atoms with Crippen molar-refractivity contribution >= 4 is 17.5 Å². The van der Waals surface area contributed by atoms with Crippen molar-refractivity contribution < 1.29 is 9.90 Å². The van der Waals surface area contributed by atoms with Gasteiger partial charge in [-0.2, -0.15) is 0 Å². The number of anilines is 2. The third-order valence-electron chi connectivity index (χ3n) is 3.11. The molecule has 0 saturated heterocycles. The minimum atomic E-state index is -0.924. The first-order valence-corrected chi connectivity index (χ1v) is 6.65. The highest BCUT2D eigenvalue weighted by molar-refractivity contribution is 5.89. The van der Waals surface area contributed by atoms with E-state index in [1.54, 1.807) is 12.1 Å². The molecule has 1 aromatic heterocycles. The minimum Gasteiger partial charge on any atom is -0.478 e. The van der Waals surface area contributed by atoms with Gasteiger partial charge in [0.05, 0.1) is 5.56 Å². The molecule has 0 bridgehead atoms. The predicted molar refractivity (Wildman–Crippen MR) is 79.7 cm³/mol. The summed E-state index contributed by atoms with van der Waals surface area (Å²) in [5, 5.41) is 9.21. The van der Waals surface area contributed by atoms with Gasteiger partial charge in [0.25, 0.3) is 0 Å². The number of aryl methyl sites for hydroxylation is 1. The topological polar surface area (TPSA) is 53.4 Å². The first-order valence-electron chi connectivity index (χ1n) is 6.65. The number of carboxylic acid groups (broad SMARTS) is 1. The first kappa shape index (κ1) is 14.1. The van der Waals surface area contributed by atoms with Crippen molar-refractivity contribution in [3.05, 3.63) is 53.7 Å². The van der Waals surface area contributed by atoms with E-state index in [-0.39, 0.29) is 5.56 Å². The van der Waals surface area contributed by atoms with Crippen molar-refractivity contribution in [2.75, 3.05) is 11.9 Å². The number of pyridine rings is 1. The molecule has 0 aliphatic rings. The molecule has 0 saturated carbocycles. The molecule has 2 aromatic rings. The van der Waals surface area contributed by atoms with E-state index in [0.29, 0.717) is 5.82 Å². The fraction of sp³-hybridized carbons (Fsp3) is 0.250. The summed E-state index contributed by atoms with van der Waals surface area (Å²) >= 11 is 0. The molecular weight excluding hydrogens is 252 g/mol. The summed E-state index contributed by atoms with van der Waals surface area (Å²) in [6.45, 7) is 2.05. The molecule has 104 valence electrons. The van der Waals surface area contributed by atoms with Gasteiger partial charge >= 0.3 is 5.97 Å². The van der Waals surface area contributed by atoms with Crippen molar-refractivity contribution in [3.63, 3.8) is 0 Å². The zero-order chi connectivity index (χ0) is 14.5. The molecule has 4 nitrogen and oxygen atoms in total. The normalized spacial score (nSPS) is 10.3. The smallest absolute Gasteiger partial charge is 0.335 e. The lowest BCUT2D eigenvalue weighted by Crippen LogP contribution is -2.13. The van der Waals surface area contributed by atoms with Gasteiger partial charge in [-0.15, -0.1) is 0 Å². The van der Waals surface area contributed by atoms with Crippen molar-refractivity contribution in [2.24, 2.45) is 0 Å². The van der Waals surface area contributed by atoms with Crippen LogP contribution in [0.4, 0.5) is 11.5 Å². The van der Waals surface area contributed by atoms with Gasteiger partial charge in [0.15, 0.2) is 0 Å². The largest absolute Gasteiger partial charge is 0.478 e. The lowest BCUT2D eigenvalue weighted by molar-refractivity contribution is 0.0696. The highest BCUT2D eigenvalue weighted by atomic mass is 16.4. The van der Waals surface area contributed by atoms with Gasteiger partial charge < -0.3 is 10.0 Å². The Bertz CT molecular complexity index is 597. The van der Waals surface area contributed by atoms with E-state index >= 15 is 0 Å². The summed E-state index contributed by atoms with van der Waals surface area (Å²) in [5.41, 5.74) is 2.07.